The Labute approximate surface area is 729 Å². The predicted molar refractivity (Wildman–Crippen MR) is 519 cm³/mol. The highest BCUT2D eigenvalue weighted by atomic mass is 19.1. The Morgan fingerprint density at radius 1 is 0.221 bits per heavy atom. The van der Waals surface area contributed by atoms with Gasteiger partial charge in [0.1, 0.15) is 34.0 Å². The number of rotatable bonds is 12. The maximum absolute atomic E-state index is 14.9. The summed E-state index contributed by atoms with van der Waals surface area (Å²) < 4.78 is 24.2. The number of aryl methyl sites for hydroxylation is 8. The molecule has 0 N–H and O–H groups in total. The highest BCUT2D eigenvalue weighted by molar-refractivity contribution is 5.99. The molecule has 620 valence electrons. The number of pyridine rings is 4. The smallest absolute Gasteiger partial charge is 0.206 e. The van der Waals surface area contributed by atoms with Gasteiger partial charge in [-0.1, -0.05) is 283 Å². The summed E-state index contributed by atoms with van der Waals surface area (Å²) in [5.41, 5.74) is 37.0. The van der Waals surface area contributed by atoms with Gasteiger partial charge >= 0.3 is 0 Å². The first-order valence-corrected chi connectivity index (χ1v) is 43.8. The Hall–Kier alpha value is -11.8. The van der Waals surface area contributed by atoms with Crippen LogP contribution in [0.4, 0.5) is 4.39 Å². The SMILES string of the molecule is Cc1cc(-c2ccccc2)cc(-c2c3ccc(CC(C)(C)C)cc3cc(C)[n+]2C)c1C.Cc1cc(-c2ccccc2)ccc1-c1c2ccc(CC(C)(C)C)cc2cc(C)[n+]1C.Cc1cc(F)c(-c2ccccc2)cc1-c1c2ccc(CC(C)(C)C)cc2cc(C)[n+]1C.Cc1ccc(-c2ccccc2)cc1-c1c2ccc(CC(C)(C)C)cc2cc(C)[n+]1C. The fourth-order valence-electron chi connectivity index (χ4n) is 17.8. The van der Waals surface area contributed by atoms with Gasteiger partial charge in [0, 0.05) is 63.1 Å². The first-order chi connectivity index (χ1) is 57.7. The number of benzene rings is 12. The van der Waals surface area contributed by atoms with Crippen molar-refractivity contribution >= 4 is 43.1 Å². The molecule has 122 heavy (non-hydrogen) atoms. The second kappa shape index (κ2) is 36.1. The van der Waals surface area contributed by atoms with E-state index in [4.69, 9.17) is 0 Å². The summed E-state index contributed by atoms with van der Waals surface area (Å²) in [5, 5.41) is 10.4. The maximum Gasteiger partial charge on any atom is 0.220 e. The van der Waals surface area contributed by atoms with Crippen LogP contribution in [0.25, 0.3) is 133 Å². The minimum absolute atomic E-state index is 0.181. The zero-order valence-electron chi connectivity index (χ0n) is 77.6. The molecule has 0 aliphatic carbocycles. The number of halogens is 1. The predicted octanol–water partition coefficient (Wildman–Crippen LogP) is 29.3. The van der Waals surface area contributed by atoms with Crippen LogP contribution in [0.3, 0.4) is 0 Å². The molecule has 0 radical (unpaired) electrons. The second-order valence-electron chi connectivity index (χ2n) is 39.5. The summed E-state index contributed by atoms with van der Waals surface area (Å²) >= 11 is 0. The molecule has 16 rings (SSSR count). The molecule has 0 amide bonds. The Kier molecular flexibility index (Phi) is 26.0. The normalized spacial score (nSPS) is 11.8. The summed E-state index contributed by atoms with van der Waals surface area (Å²) in [7, 11) is 8.65. The summed E-state index contributed by atoms with van der Waals surface area (Å²) in [6.45, 7) is 47.2. The standard InChI is InChI=1S/C30H34N.C29H31FN.2C29H32N/c1-20-15-25(24-11-9-8-10-12-24)18-28(22(20)3)29-27-14-13-23(19-30(4,5)6)17-26(27)16-21(2)31(29)7;1-19-14-27(30)26(22-10-8-7-9-11-22)17-25(19)28-24-13-12-21(18-29(3,4)5)16-23(24)15-20(2)31(28)6;1-20-16-24(23-10-8-7-9-11-23)13-15-26(20)28-27-14-12-22(19-29(3,4)5)18-25(27)17-21(2)30(28)6;1-20-12-14-24(23-10-8-7-9-11-23)18-27(20)28-26-15-13-22(19-29(3,4)5)17-25(26)16-21(2)30(28)6/h8-18H,19H2,1-7H3;7-17H,18H2,1-6H3;2*7-18H,19H2,1-6H3/q4*+1. The molecule has 16 aromatic rings. The van der Waals surface area contributed by atoms with E-state index in [1.165, 1.54) is 178 Å². The Morgan fingerprint density at radius 2 is 0.508 bits per heavy atom. The van der Waals surface area contributed by atoms with Gasteiger partial charge in [0.2, 0.25) is 22.8 Å². The van der Waals surface area contributed by atoms with E-state index in [2.05, 4.69) is 422 Å². The summed E-state index contributed by atoms with van der Waals surface area (Å²) in [5.74, 6) is -0.181. The van der Waals surface area contributed by atoms with Crippen molar-refractivity contribution in [2.45, 2.75) is 171 Å². The number of aromatic nitrogens is 4. The van der Waals surface area contributed by atoms with Gasteiger partial charge < -0.3 is 0 Å². The molecule has 0 atom stereocenters. The first kappa shape index (κ1) is 88.0. The number of hydrogen-bond donors (Lipinski definition) is 0. The van der Waals surface area contributed by atoms with Crippen LogP contribution in [0.5, 0.6) is 0 Å². The van der Waals surface area contributed by atoms with Gasteiger partial charge in [-0.3, -0.25) is 0 Å². The van der Waals surface area contributed by atoms with Crippen molar-refractivity contribution < 1.29 is 22.7 Å². The van der Waals surface area contributed by atoms with E-state index >= 15 is 0 Å². The van der Waals surface area contributed by atoms with Crippen molar-refractivity contribution in [3.63, 3.8) is 0 Å². The molecule has 0 unspecified atom stereocenters. The molecule has 0 aliphatic rings. The number of hydrogen-bond acceptors (Lipinski definition) is 0. The molecule has 5 heteroatoms. The molecule has 4 nitrogen and oxygen atoms in total. The summed E-state index contributed by atoms with van der Waals surface area (Å²) in [4.78, 5) is 0. The van der Waals surface area contributed by atoms with Crippen molar-refractivity contribution in [1.29, 1.82) is 0 Å². The van der Waals surface area contributed by atoms with E-state index in [-0.39, 0.29) is 27.5 Å². The van der Waals surface area contributed by atoms with E-state index in [1.807, 2.05) is 43.3 Å². The van der Waals surface area contributed by atoms with Crippen LogP contribution in [-0.4, -0.2) is 0 Å². The molecule has 0 spiro atoms. The lowest BCUT2D eigenvalue weighted by molar-refractivity contribution is -0.665. The minimum atomic E-state index is -0.181. The van der Waals surface area contributed by atoms with Gasteiger partial charge in [0.15, 0.2) is 22.8 Å². The van der Waals surface area contributed by atoms with Crippen LogP contribution in [0.15, 0.2) is 279 Å². The maximum atomic E-state index is 14.9. The average molecular weight is 1610 g/mol. The van der Waals surface area contributed by atoms with Crippen molar-refractivity contribution in [1.82, 2.24) is 0 Å². The van der Waals surface area contributed by atoms with Gasteiger partial charge in [-0.25, -0.2) is 4.39 Å². The van der Waals surface area contributed by atoms with Crippen LogP contribution in [0, 0.1) is 89.8 Å². The molecule has 0 saturated heterocycles. The molecule has 0 bridgehead atoms. The Morgan fingerprint density at radius 3 is 0.861 bits per heavy atom. The van der Waals surface area contributed by atoms with Crippen LogP contribution in [0.2, 0.25) is 0 Å². The van der Waals surface area contributed by atoms with Gasteiger partial charge in [0.25, 0.3) is 0 Å². The quantitative estimate of drug-likeness (QED) is 0.108. The van der Waals surface area contributed by atoms with Crippen LogP contribution < -0.4 is 18.3 Å². The van der Waals surface area contributed by atoms with Crippen molar-refractivity contribution in [2.24, 2.45) is 49.9 Å². The lowest BCUT2D eigenvalue weighted by atomic mass is 9.86. The number of nitrogens with zero attached hydrogens (tertiary/aromatic N) is 4. The van der Waals surface area contributed by atoms with Crippen LogP contribution >= 0.6 is 0 Å². The second-order valence-corrected chi connectivity index (χ2v) is 39.5. The molecular formula is C117H129FN4+4. The monoisotopic (exact) mass is 1610 g/mol. The summed E-state index contributed by atoms with van der Waals surface area (Å²) in [6, 6.07) is 101. The third-order valence-corrected chi connectivity index (χ3v) is 24.2. The van der Waals surface area contributed by atoms with Crippen molar-refractivity contribution in [3.05, 3.63) is 358 Å². The topological polar surface area (TPSA) is 15.5 Å². The third kappa shape index (κ3) is 20.5. The molecule has 0 aliphatic heterocycles. The van der Waals surface area contributed by atoms with Crippen molar-refractivity contribution in [2.75, 3.05) is 0 Å². The van der Waals surface area contributed by atoms with E-state index in [1.54, 1.807) is 6.07 Å². The molecule has 0 saturated carbocycles. The first-order valence-electron chi connectivity index (χ1n) is 43.8. The van der Waals surface area contributed by atoms with Gasteiger partial charge in [-0.05, 0) is 247 Å². The zero-order chi connectivity index (χ0) is 87.6. The highest BCUT2D eigenvalue weighted by Crippen LogP contribution is 2.41. The molecule has 0 fully saturated rings. The third-order valence-electron chi connectivity index (χ3n) is 24.2. The highest BCUT2D eigenvalue weighted by Gasteiger charge is 2.28. The largest absolute Gasteiger partial charge is 0.220 e. The zero-order valence-corrected chi connectivity index (χ0v) is 77.6. The number of fused-ring (bicyclic) bond motifs is 4. The fraction of sp³-hybridized carbons (Fsp3) is 0.282. The van der Waals surface area contributed by atoms with E-state index < -0.39 is 0 Å². The Bertz CT molecular complexity index is 6540. The lowest BCUT2D eigenvalue weighted by Gasteiger charge is -2.19. The lowest BCUT2D eigenvalue weighted by Crippen LogP contribution is -2.35. The molecular weight excluding hydrogens is 1480 g/mol. The molecule has 4 heterocycles. The molecule has 4 aromatic heterocycles. The van der Waals surface area contributed by atoms with Crippen molar-refractivity contribution in [3.8, 4) is 89.5 Å². The van der Waals surface area contributed by atoms with E-state index in [0.29, 0.717) is 5.56 Å². The van der Waals surface area contributed by atoms with Crippen LogP contribution in [0.1, 0.15) is 156 Å². The fourth-order valence-corrected chi connectivity index (χ4v) is 17.8. The van der Waals surface area contributed by atoms with E-state index in [0.717, 1.165) is 48.1 Å². The van der Waals surface area contributed by atoms with Gasteiger partial charge in [0.05, 0.1) is 38.2 Å². The Balaban J connectivity index is 0.000000140. The van der Waals surface area contributed by atoms with Gasteiger partial charge in [-0.2, -0.15) is 18.3 Å². The van der Waals surface area contributed by atoms with Gasteiger partial charge in [-0.15, -0.1) is 0 Å². The average Bonchev–Trinajstić information content (AvgIpc) is 0.782. The minimum Gasteiger partial charge on any atom is -0.206 e. The molecule has 12 aromatic carbocycles. The summed E-state index contributed by atoms with van der Waals surface area (Å²) in [6.07, 6.45) is 4.29. The van der Waals surface area contributed by atoms with E-state index in [9.17, 15) is 4.39 Å². The van der Waals surface area contributed by atoms with Crippen LogP contribution in [-0.2, 0) is 53.9 Å².